The van der Waals surface area contributed by atoms with Gasteiger partial charge in [-0.05, 0) is 50.3 Å². The molecule has 26 heavy (non-hydrogen) atoms. The van der Waals surface area contributed by atoms with Crippen LogP contribution in [0.25, 0.3) is 0 Å². The SMILES string of the molecule is COc1ccc([C@@]2(O)CC[C@@H]3CN(C(=O)c4c(C)noc4C)C[C@@H]32)cc1. The molecule has 2 fully saturated rings. The summed E-state index contributed by atoms with van der Waals surface area (Å²) in [6.45, 7) is 4.77. The van der Waals surface area contributed by atoms with Crippen molar-refractivity contribution in [1.82, 2.24) is 10.1 Å². The summed E-state index contributed by atoms with van der Waals surface area (Å²) < 4.78 is 10.4. The normalized spacial score (nSPS) is 27.6. The zero-order valence-corrected chi connectivity index (χ0v) is 15.4. The Kier molecular flexibility index (Phi) is 4.03. The van der Waals surface area contributed by atoms with Gasteiger partial charge in [-0.25, -0.2) is 0 Å². The van der Waals surface area contributed by atoms with E-state index in [0.29, 0.717) is 36.0 Å². The summed E-state index contributed by atoms with van der Waals surface area (Å²) in [5.74, 6) is 1.63. The Morgan fingerprint density at radius 2 is 2.04 bits per heavy atom. The first-order valence-electron chi connectivity index (χ1n) is 9.03. The molecule has 1 amide bonds. The van der Waals surface area contributed by atoms with Crippen molar-refractivity contribution >= 4 is 5.91 Å². The first-order valence-corrected chi connectivity index (χ1v) is 9.03. The second-order valence-corrected chi connectivity index (χ2v) is 7.47. The third kappa shape index (κ3) is 2.51. The zero-order valence-electron chi connectivity index (χ0n) is 15.4. The molecule has 138 valence electrons. The molecule has 4 rings (SSSR count). The number of hydrogen-bond donors (Lipinski definition) is 1. The van der Waals surface area contributed by atoms with Crippen molar-refractivity contribution in [3.8, 4) is 5.75 Å². The lowest BCUT2D eigenvalue weighted by Gasteiger charge is -2.31. The molecule has 1 aromatic heterocycles. The van der Waals surface area contributed by atoms with E-state index in [9.17, 15) is 9.90 Å². The molecule has 1 N–H and O–H groups in total. The van der Waals surface area contributed by atoms with E-state index in [-0.39, 0.29) is 11.8 Å². The van der Waals surface area contributed by atoms with E-state index < -0.39 is 5.60 Å². The molecule has 0 unspecified atom stereocenters. The van der Waals surface area contributed by atoms with E-state index in [4.69, 9.17) is 9.26 Å². The summed E-state index contributed by atoms with van der Waals surface area (Å²) in [5, 5.41) is 15.3. The standard InChI is InChI=1S/C20H24N2O4/c1-12-18(13(2)26-21-12)19(23)22-10-14-8-9-20(24,17(14)11-22)15-4-6-16(25-3)7-5-15/h4-7,14,17,24H,8-11H2,1-3H3/t14-,17+,20+/m1/s1. The van der Waals surface area contributed by atoms with Gasteiger partial charge in [0.2, 0.25) is 0 Å². The number of methoxy groups -OCH3 is 1. The average Bonchev–Trinajstić information content (AvgIpc) is 3.31. The Balaban J connectivity index is 1.57. The van der Waals surface area contributed by atoms with Crippen LogP contribution in [0.5, 0.6) is 5.75 Å². The lowest BCUT2D eigenvalue weighted by Crippen LogP contribution is -2.36. The quantitative estimate of drug-likeness (QED) is 0.915. The molecule has 1 aliphatic heterocycles. The van der Waals surface area contributed by atoms with E-state index in [1.54, 1.807) is 21.0 Å². The second kappa shape index (κ2) is 6.13. The molecular weight excluding hydrogens is 332 g/mol. The number of carbonyl (C=O) groups is 1. The monoisotopic (exact) mass is 356 g/mol. The lowest BCUT2D eigenvalue weighted by atomic mass is 9.82. The number of aromatic nitrogens is 1. The minimum atomic E-state index is -0.898. The topological polar surface area (TPSA) is 75.8 Å². The first-order chi connectivity index (χ1) is 12.4. The maximum atomic E-state index is 12.9. The summed E-state index contributed by atoms with van der Waals surface area (Å²) in [5.41, 5.74) is 1.18. The summed E-state index contributed by atoms with van der Waals surface area (Å²) in [4.78, 5) is 14.8. The highest BCUT2D eigenvalue weighted by molar-refractivity contribution is 5.96. The van der Waals surface area contributed by atoms with Gasteiger partial charge in [-0.1, -0.05) is 17.3 Å². The fraction of sp³-hybridized carbons (Fsp3) is 0.500. The van der Waals surface area contributed by atoms with Crippen LogP contribution in [-0.2, 0) is 5.60 Å². The fourth-order valence-corrected chi connectivity index (χ4v) is 4.65. The minimum Gasteiger partial charge on any atom is -0.497 e. The number of nitrogens with zero attached hydrogens (tertiary/aromatic N) is 2. The van der Waals surface area contributed by atoms with Gasteiger partial charge >= 0.3 is 0 Å². The van der Waals surface area contributed by atoms with Crippen LogP contribution in [0.2, 0.25) is 0 Å². The number of aryl methyl sites for hydroxylation is 2. The van der Waals surface area contributed by atoms with E-state index in [1.165, 1.54) is 0 Å². The molecule has 1 saturated carbocycles. The van der Waals surface area contributed by atoms with Crippen LogP contribution in [-0.4, -0.2) is 41.3 Å². The highest BCUT2D eigenvalue weighted by Gasteiger charge is 2.53. The van der Waals surface area contributed by atoms with E-state index in [0.717, 1.165) is 24.2 Å². The minimum absolute atomic E-state index is 0.0420. The molecule has 3 atom stereocenters. The van der Waals surface area contributed by atoms with Crippen molar-refractivity contribution in [2.24, 2.45) is 11.8 Å². The van der Waals surface area contributed by atoms with Crippen molar-refractivity contribution in [1.29, 1.82) is 0 Å². The van der Waals surface area contributed by atoms with Crippen LogP contribution in [0.1, 0.15) is 40.2 Å². The Morgan fingerprint density at radius 1 is 1.31 bits per heavy atom. The summed E-state index contributed by atoms with van der Waals surface area (Å²) in [6.07, 6.45) is 1.64. The van der Waals surface area contributed by atoms with Gasteiger partial charge in [0.25, 0.3) is 5.91 Å². The molecule has 1 aromatic carbocycles. The summed E-state index contributed by atoms with van der Waals surface area (Å²) in [7, 11) is 1.63. The molecule has 0 radical (unpaired) electrons. The molecule has 2 aliphatic rings. The van der Waals surface area contributed by atoms with Crippen LogP contribution >= 0.6 is 0 Å². The van der Waals surface area contributed by atoms with Crippen molar-refractivity contribution in [3.05, 3.63) is 46.8 Å². The van der Waals surface area contributed by atoms with Crippen LogP contribution in [0.4, 0.5) is 0 Å². The molecule has 2 aromatic rings. The number of rotatable bonds is 3. The van der Waals surface area contributed by atoms with Crippen molar-refractivity contribution < 1.29 is 19.2 Å². The van der Waals surface area contributed by atoms with Crippen LogP contribution in [0, 0.1) is 25.7 Å². The van der Waals surface area contributed by atoms with E-state index >= 15 is 0 Å². The Morgan fingerprint density at radius 3 is 2.65 bits per heavy atom. The zero-order chi connectivity index (χ0) is 18.5. The molecule has 2 heterocycles. The summed E-state index contributed by atoms with van der Waals surface area (Å²) in [6, 6.07) is 7.62. The second-order valence-electron chi connectivity index (χ2n) is 7.47. The average molecular weight is 356 g/mol. The molecule has 1 saturated heterocycles. The third-order valence-electron chi connectivity index (χ3n) is 6.08. The number of carbonyl (C=O) groups excluding carboxylic acids is 1. The maximum Gasteiger partial charge on any atom is 0.259 e. The van der Waals surface area contributed by atoms with Crippen LogP contribution in [0.3, 0.4) is 0 Å². The van der Waals surface area contributed by atoms with Gasteiger partial charge in [-0.15, -0.1) is 0 Å². The fourth-order valence-electron chi connectivity index (χ4n) is 4.65. The van der Waals surface area contributed by atoms with E-state index in [2.05, 4.69) is 5.16 Å². The highest BCUT2D eigenvalue weighted by atomic mass is 16.5. The van der Waals surface area contributed by atoms with Crippen LogP contribution in [0.15, 0.2) is 28.8 Å². The van der Waals surface area contributed by atoms with Gasteiger partial charge < -0.3 is 19.3 Å². The number of hydrogen-bond acceptors (Lipinski definition) is 5. The Labute approximate surface area is 152 Å². The molecular formula is C20H24N2O4. The predicted octanol–water partition coefficient (Wildman–Crippen LogP) is 2.67. The maximum absolute atomic E-state index is 12.9. The Bertz CT molecular complexity index is 809. The molecule has 0 spiro atoms. The number of ether oxygens (including phenoxy) is 1. The predicted molar refractivity (Wildman–Crippen MR) is 95.0 cm³/mol. The van der Waals surface area contributed by atoms with Gasteiger partial charge in [0.15, 0.2) is 0 Å². The highest BCUT2D eigenvalue weighted by Crippen LogP contribution is 2.50. The van der Waals surface area contributed by atoms with Crippen molar-refractivity contribution in [2.45, 2.75) is 32.3 Å². The van der Waals surface area contributed by atoms with Gasteiger partial charge in [-0.3, -0.25) is 4.79 Å². The van der Waals surface area contributed by atoms with Crippen molar-refractivity contribution in [2.75, 3.05) is 20.2 Å². The number of amides is 1. The number of likely N-dealkylation sites (tertiary alicyclic amines) is 1. The van der Waals surface area contributed by atoms with Gasteiger partial charge in [0, 0.05) is 19.0 Å². The molecule has 0 bridgehead atoms. The molecule has 6 heteroatoms. The number of aliphatic hydroxyl groups is 1. The molecule has 1 aliphatic carbocycles. The first kappa shape index (κ1) is 17.1. The van der Waals surface area contributed by atoms with Gasteiger partial charge in [0.1, 0.15) is 17.1 Å². The largest absolute Gasteiger partial charge is 0.497 e. The molecule has 6 nitrogen and oxygen atoms in total. The number of benzene rings is 1. The summed E-state index contributed by atoms with van der Waals surface area (Å²) >= 11 is 0. The van der Waals surface area contributed by atoms with Crippen molar-refractivity contribution in [3.63, 3.8) is 0 Å². The van der Waals surface area contributed by atoms with E-state index in [1.807, 2.05) is 29.2 Å². The van der Waals surface area contributed by atoms with Gasteiger partial charge in [0.05, 0.1) is 18.4 Å². The number of fused-ring (bicyclic) bond motifs is 1. The smallest absolute Gasteiger partial charge is 0.259 e. The lowest BCUT2D eigenvalue weighted by molar-refractivity contribution is -0.00592. The third-order valence-corrected chi connectivity index (χ3v) is 6.08. The van der Waals surface area contributed by atoms with Gasteiger partial charge in [-0.2, -0.15) is 0 Å². The van der Waals surface area contributed by atoms with Crippen LogP contribution < -0.4 is 4.74 Å². The Hall–Kier alpha value is -2.34.